The summed E-state index contributed by atoms with van der Waals surface area (Å²) in [6, 6.07) is 1.90. The molecule has 1 aliphatic carbocycles. The molecule has 24 heavy (non-hydrogen) atoms. The van der Waals surface area contributed by atoms with Crippen molar-refractivity contribution >= 4 is 6.03 Å². The fourth-order valence-electron chi connectivity index (χ4n) is 3.46. The molecule has 3 rings (SSSR count). The molecule has 0 radical (unpaired) electrons. The van der Waals surface area contributed by atoms with Crippen LogP contribution in [-0.2, 0) is 13.6 Å². The lowest BCUT2D eigenvalue weighted by molar-refractivity contribution is 0.214. The fraction of sp³-hybridized carbons (Fsp3) is 0.647. The number of alkyl halides is 1. The highest BCUT2D eigenvalue weighted by Gasteiger charge is 2.32. The van der Waals surface area contributed by atoms with Gasteiger partial charge >= 0.3 is 6.03 Å². The summed E-state index contributed by atoms with van der Waals surface area (Å²) in [4.78, 5) is 14.1. The van der Waals surface area contributed by atoms with Crippen LogP contribution < -0.4 is 10.6 Å². The Hall–Kier alpha value is -1.89. The average Bonchev–Trinajstić information content (AvgIpc) is 3.12. The van der Waals surface area contributed by atoms with Crippen molar-refractivity contribution < 1.29 is 9.18 Å². The Morgan fingerprint density at radius 3 is 3.08 bits per heavy atom. The highest BCUT2D eigenvalue weighted by molar-refractivity contribution is 5.74. The molecule has 6 nitrogen and oxygen atoms in total. The van der Waals surface area contributed by atoms with Gasteiger partial charge in [-0.05, 0) is 31.7 Å². The van der Waals surface area contributed by atoms with Gasteiger partial charge in [-0.2, -0.15) is 5.10 Å². The van der Waals surface area contributed by atoms with Crippen LogP contribution in [0.15, 0.2) is 24.4 Å². The molecule has 1 aromatic rings. The van der Waals surface area contributed by atoms with Crippen LogP contribution in [0.3, 0.4) is 0 Å². The number of urea groups is 1. The molecule has 7 heteroatoms. The highest BCUT2D eigenvalue weighted by atomic mass is 19.1. The monoisotopic (exact) mass is 335 g/mol. The van der Waals surface area contributed by atoms with E-state index in [2.05, 4.69) is 26.7 Å². The Morgan fingerprint density at radius 2 is 2.38 bits per heavy atom. The van der Waals surface area contributed by atoms with Crippen LogP contribution in [0.5, 0.6) is 0 Å². The van der Waals surface area contributed by atoms with Gasteiger partial charge < -0.3 is 10.6 Å². The Morgan fingerprint density at radius 1 is 1.50 bits per heavy atom. The molecule has 1 saturated heterocycles. The van der Waals surface area contributed by atoms with E-state index in [0.717, 1.165) is 25.0 Å². The SMILES string of the molecule is Cn1nccc1CN1C[C@@H](F)C[C@H]1CNC(=O)N[C@H]1C=CCCC1. The number of aromatic nitrogens is 2. The third-order valence-corrected chi connectivity index (χ3v) is 4.83. The molecule has 132 valence electrons. The smallest absolute Gasteiger partial charge is 0.315 e. The Bertz CT molecular complexity index is 587. The zero-order valence-electron chi connectivity index (χ0n) is 14.1. The molecule has 0 unspecified atom stereocenters. The Kier molecular flexibility index (Phi) is 5.50. The largest absolute Gasteiger partial charge is 0.337 e. The van der Waals surface area contributed by atoms with Crippen molar-refractivity contribution in [2.45, 2.75) is 50.5 Å². The summed E-state index contributed by atoms with van der Waals surface area (Å²) < 4.78 is 15.7. The van der Waals surface area contributed by atoms with Gasteiger partial charge in [-0.3, -0.25) is 9.58 Å². The molecule has 1 aliphatic heterocycles. The van der Waals surface area contributed by atoms with Crippen molar-refractivity contribution in [2.24, 2.45) is 7.05 Å². The lowest BCUT2D eigenvalue weighted by Gasteiger charge is -2.25. The normalized spacial score (nSPS) is 27.3. The van der Waals surface area contributed by atoms with Crippen molar-refractivity contribution in [3.63, 3.8) is 0 Å². The summed E-state index contributed by atoms with van der Waals surface area (Å²) in [5, 5.41) is 10.0. The second-order valence-electron chi connectivity index (χ2n) is 6.68. The number of nitrogens with one attached hydrogen (secondary N) is 2. The van der Waals surface area contributed by atoms with E-state index in [1.54, 1.807) is 10.9 Å². The topological polar surface area (TPSA) is 62.2 Å². The number of rotatable bonds is 5. The fourth-order valence-corrected chi connectivity index (χ4v) is 3.46. The average molecular weight is 335 g/mol. The predicted molar refractivity (Wildman–Crippen MR) is 90.2 cm³/mol. The maximum atomic E-state index is 13.8. The number of aryl methyl sites for hydroxylation is 1. The predicted octanol–water partition coefficient (Wildman–Crippen LogP) is 1.74. The maximum Gasteiger partial charge on any atom is 0.315 e. The minimum absolute atomic E-state index is 0.0162. The van der Waals surface area contributed by atoms with E-state index in [9.17, 15) is 9.18 Å². The second-order valence-corrected chi connectivity index (χ2v) is 6.68. The molecule has 3 atom stereocenters. The van der Waals surface area contributed by atoms with Crippen LogP contribution >= 0.6 is 0 Å². The van der Waals surface area contributed by atoms with Gasteiger partial charge in [0.15, 0.2) is 0 Å². The number of nitrogens with zero attached hydrogens (tertiary/aromatic N) is 3. The number of hydrogen-bond donors (Lipinski definition) is 2. The molecular weight excluding hydrogens is 309 g/mol. The van der Waals surface area contributed by atoms with Crippen molar-refractivity contribution in [2.75, 3.05) is 13.1 Å². The molecule has 0 spiro atoms. The lowest BCUT2D eigenvalue weighted by Crippen LogP contribution is -2.46. The molecule has 0 aromatic carbocycles. The first-order valence-electron chi connectivity index (χ1n) is 8.68. The zero-order chi connectivity index (χ0) is 16.9. The minimum Gasteiger partial charge on any atom is -0.337 e. The van der Waals surface area contributed by atoms with E-state index in [4.69, 9.17) is 0 Å². The number of allylic oxidation sites excluding steroid dienone is 1. The molecule has 1 aromatic heterocycles. The van der Waals surface area contributed by atoms with E-state index in [1.807, 2.05) is 19.2 Å². The second kappa shape index (κ2) is 7.79. The zero-order valence-corrected chi connectivity index (χ0v) is 14.1. The van der Waals surface area contributed by atoms with E-state index < -0.39 is 6.17 Å². The first-order chi connectivity index (χ1) is 11.6. The number of carbonyl (C=O) groups is 1. The Labute approximate surface area is 142 Å². The van der Waals surface area contributed by atoms with Crippen LogP contribution in [0.2, 0.25) is 0 Å². The lowest BCUT2D eigenvalue weighted by atomic mass is 10.0. The summed E-state index contributed by atoms with van der Waals surface area (Å²) in [5.74, 6) is 0. The highest BCUT2D eigenvalue weighted by Crippen LogP contribution is 2.22. The minimum atomic E-state index is -0.839. The first kappa shape index (κ1) is 17.0. The standard InChI is InChI=1S/C17H26FN5O/c1-22-15(7-8-20-22)12-23-11-13(18)9-16(23)10-19-17(24)21-14-5-3-2-4-6-14/h3,5,7-8,13-14,16H,2,4,6,9-12H2,1H3,(H2,19,21,24)/t13-,14-,16-/m0/s1. The molecule has 1 fully saturated rings. The van der Waals surface area contributed by atoms with E-state index in [1.165, 1.54) is 0 Å². The van der Waals surface area contributed by atoms with Gasteiger partial charge in [0.25, 0.3) is 0 Å². The molecule has 2 aliphatic rings. The molecule has 2 amide bonds. The summed E-state index contributed by atoms with van der Waals surface area (Å²) in [6.07, 6.45) is 8.69. The van der Waals surface area contributed by atoms with Gasteiger partial charge in [-0.1, -0.05) is 12.2 Å². The molecule has 2 heterocycles. The van der Waals surface area contributed by atoms with Crippen LogP contribution in [-0.4, -0.2) is 52.1 Å². The van der Waals surface area contributed by atoms with Crippen LogP contribution in [0.1, 0.15) is 31.4 Å². The van der Waals surface area contributed by atoms with Gasteiger partial charge in [0.1, 0.15) is 6.17 Å². The van der Waals surface area contributed by atoms with Crippen LogP contribution in [0.25, 0.3) is 0 Å². The first-order valence-corrected chi connectivity index (χ1v) is 8.68. The molecule has 2 N–H and O–H groups in total. The Balaban J connectivity index is 1.49. The van der Waals surface area contributed by atoms with Gasteiger partial charge in [0, 0.05) is 45.0 Å². The molecule has 0 bridgehead atoms. The van der Waals surface area contributed by atoms with Crippen LogP contribution in [0.4, 0.5) is 9.18 Å². The van der Waals surface area contributed by atoms with Crippen LogP contribution in [0, 0.1) is 0 Å². The van der Waals surface area contributed by atoms with E-state index in [-0.39, 0.29) is 18.1 Å². The number of halogens is 1. The number of likely N-dealkylation sites (tertiary alicyclic amines) is 1. The molecular formula is C17H26FN5O. The van der Waals surface area contributed by atoms with Crippen molar-refractivity contribution in [3.05, 3.63) is 30.1 Å². The summed E-state index contributed by atoms with van der Waals surface area (Å²) in [7, 11) is 1.89. The number of carbonyl (C=O) groups excluding carboxylic acids is 1. The number of hydrogen-bond acceptors (Lipinski definition) is 3. The summed E-state index contributed by atoms with van der Waals surface area (Å²) >= 11 is 0. The van der Waals surface area contributed by atoms with E-state index in [0.29, 0.717) is 26.1 Å². The quantitative estimate of drug-likeness (QED) is 0.806. The summed E-state index contributed by atoms with van der Waals surface area (Å²) in [6.45, 7) is 1.52. The van der Waals surface area contributed by atoms with Crippen molar-refractivity contribution in [1.29, 1.82) is 0 Å². The van der Waals surface area contributed by atoms with Crippen molar-refractivity contribution in [1.82, 2.24) is 25.3 Å². The number of amides is 2. The van der Waals surface area contributed by atoms with Gasteiger partial charge in [0.2, 0.25) is 0 Å². The summed E-state index contributed by atoms with van der Waals surface area (Å²) in [5.41, 5.74) is 1.05. The van der Waals surface area contributed by atoms with E-state index >= 15 is 0 Å². The van der Waals surface area contributed by atoms with Crippen molar-refractivity contribution in [3.8, 4) is 0 Å². The van der Waals surface area contributed by atoms with Gasteiger partial charge in [-0.15, -0.1) is 0 Å². The third kappa shape index (κ3) is 4.35. The van der Waals surface area contributed by atoms with Gasteiger partial charge in [-0.25, -0.2) is 9.18 Å². The van der Waals surface area contributed by atoms with Gasteiger partial charge in [0.05, 0.1) is 5.69 Å². The third-order valence-electron chi connectivity index (χ3n) is 4.83. The molecule has 0 saturated carbocycles. The maximum absolute atomic E-state index is 13.8.